The fraction of sp³-hybridized carbons (Fsp3) is 0.176. The van der Waals surface area contributed by atoms with Crippen molar-refractivity contribution in [3.63, 3.8) is 0 Å². The molecule has 4 rings (SSSR count). The van der Waals surface area contributed by atoms with Gasteiger partial charge in [0.2, 0.25) is 0 Å². The Morgan fingerprint density at radius 3 is 2.92 bits per heavy atom. The fourth-order valence-corrected chi connectivity index (χ4v) is 3.31. The first-order valence-electron chi connectivity index (χ1n) is 7.48. The summed E-state index contributed by atoms with van der Waals surface area (Å²) in [5.74, 6) is 0.788. The molecule has 2 N–H and O–H groups in total. The van der Waals surface area contributed by atoms with Gasteiger partial charge in [-0.1, -0.05) is 11.6 Å². The normalized spacial score (nSPS) is 11.3. The van der Waals surface area contributed by atoms with E-state index < -0.39 is 0 Å². The van der Waals surface area contributed by atoms with E-state index in [2.05, 4.69) is 15.3 Å². The van der Waals surface area contributed by atoms with E-state index in [9.17, 15) is 0 Å². The predicted octanol–water partition coefficient (Wildman–Crippen LogP) is 3.82. The molecule has 0 bridgehead atoms. The third-order valence-electron chi connectivity index (χ3n) is 4.22. The van der Waals surface area contributed by atoms with E-state index in [1.807, 2.05) is 43.2 Å². The highest BCUT2D eigenvalue weighted by Crippen LogP contribution is 2.39. The summed E-state index contributed by atoms with van der Waals surface area (Å²) in [6, 6.07) is 5.91. The van der Waals surface area contributed by atoms with E-state index in [4.69, 9.17) is 21.4 Å². The maximum Gasteiger partial charge on any atom is 0.140 e. The number of fused-ring (bicyclic) bond motifs is 2. The van der Waals surface area contributed by atoms with Gasteiger partial charge in [0.1, 0.15) is 17.1 Å². The van der Waals surface area contributed by atoms with E-state index in [0.717, 1.165) is 44.6 Å². The molecule has 1 aromatic carbocycles. The molecule has 0 atom stereocenters. The van der Waals surface area contributed by atoms with E-state index in [1.54, 1.807) is 13.3 Å². The molecule has 7 heteroatoms. The number of halogens is 1. The third kappa shape index (κ3) is 2.03. The molecule has 0 aliphatic rings. The van der Waals surface area contributed by atoms with Gasteiger partial charge in [0.15, 0.2) is 0 Å². The molecule has 122 valence electrons. The van der Waals surface area contributed by atoms with Gasteiger partial charge in [0, 0.05) is 37.4 Å². The van der Waals surface area contributed by atoms with Crippen LogP contribution in [-0.2, 0) is 7.05 Å². The second-order valence-electron chi connectivity index (χ2n) is 5.51. The standard InChI is InChI=1S/C17H16ClN5O/c1-19-16-11(7-20-17-14(16)12(18)8-21-17)15-10-6-9(24-3)4-5-13(10)23(2)22-15/h4-8H,1-3H3,(H2,19,20,21). The molecule has 0 fully saturated rings. The number of H-pyrrole nitrogens is 1. The second-order valence-corrected chi connectivity index (χ2v) is 5.92. The Balaban J connectivity index is 2.07. The van der Waals surface area contributed by atoms with Crippen molar-refractivity contribution in [1.29, 1.82) is 0 Å². The Morgan fingerprint density at radius 2 is 2.17 bits per heavy atom. The average Bonchev–Trinajstić information content (AvgIpc) is 3.14. The Morgan fingerprint density at radius 1 is 1.33 bits per heavy atom. The van der Waals surface area contributed by atoms with Crippen molar-refractivity contribution in [2.75, 3.05) is 19.5 Å². The molecule has 4 aromatic rings. The molecule has 24 heavy (non-hydrogen) atoms. The number of rotatable bonds is 3. The topological polar surface area (TPSA) is 67.8 Å². The largest absolute Gasteiger partial charge is 0.497 e. The van der Waals surface area contributed by atoms with Crippen molar-refractivity contribution < 1.29 is 4.74 Å². The molecule has 0 aliphatic carbocycles. The number of nitrogens with one attached hydrogen (secondary N) is 2. The van der Waals surface area contributed by atoms with Gasteiger partial charge >= 0.3 is 0 Å². The molecular formula is C17H16ClN5O. The first-order chi connectivity index (χ1) is 11.6. The predicted molar refractivity (Wildman–Crippen MR) is 96.9 cm³/mol. The number of anilines is 1. The van der Waals surface area contributed by atoms with Gasteiger partial charge in [-0.05, 0) is 18.2 Å². The Bertz CT molecular complexity index is 1070. The zero-order chi connectivity index (χ0) is 16.8. The summed E-state index contributed by atoms with van der Waals surface area (Å²) in [4.78, 5) is 7.56. The van der Waals surface area contributed by atoms with Crippen LogP contribution in [0.5, 0.6) is 5.75 Å². The number of nitrogens with zero attached hydrogens (tertiary/aromatic N) is 3. The molecule has 0 saturated heterocycles. The maximum absolute atomic E-state index is 6.33. The second kappa shape index (κ2) is 5.42. The minimum atomic E-state index is 0.626. The highest BCUT2D eigenvalue weighted by atomic mass is 35.5. The van der Waals surface area contributed by atoms with Crippen LogP contribution in [0.15, 0.2) is 30.6 Å². The number of aryl methyl sites for hydroxylation is 1. The molecule has 0 aliphatic heterocycles. The lowest BCUT2D eigenvalue weighted by Gasteiger charge is -2.09. The van der Waals surface area contributed by atoms with Crippen molar-refractivity contribution in [3.8, 4) is 17.0 Å². The maximum atomic E-state index is 6.33. The molecule has 0 amide bonds. The van der Waals surface area contributed by atoms with Gasteiger partial charge in [0.25, 0.3) is 0 Å². The van der Waals surface area contributed by atoms with Crippen LogP contribution in [0.3, 0.4) is 0 Å². The molecule has 0 unspecified atom stereocenters. The van der Waals surface area contributed by atoms with Crippen molar-refractivity contribution >= 4 is 39.2 Å². The van der Waals surface area contributed by atoms with Crippen LogP contribution < -0.4 is 10.1 Å². The van der Waals surface area contributed by atoms with Gasteiger partial charge in [-0.15, -0.1) is 0 Å². The van der Waals surface area contributed by atoms with E-state index in [0.29, 0.717) is 5.02 Å². The number of methoxy groups -OCH3 is 1. The minimum Gasteiger partial charge on any atom is -0.497 e. The van der Waals surface area contributed by atoms with Gasteiger partial charge in [-0.3, -0.25) is 4.68 Å². The third-order valence-corrected chi connectivity index (χ3v) is 4.51. The quantitative estimate of drug-likeness (QED) is 0.594. The molecule has 3 heterocycles. The average molecular weight is 342 g/mol. The van der Waals surface area contributed by atoms with Crippen LogP contribution in [0, 0.1) is 0 Å². The Kier molecular flexibility index (Phi) is 3.35. The van der Waals surface area contributed by atoms with E-state index in [-0.39, 0.29) is 0 Å². The Hall–Kier alpha value is -2.73. The van der Waals surface area contributed by atoms with Crippen LogP contribution >= 0.6 is 11.6 Å². The number of ether oxygens (including phenoxy) is 1. The molecule has 6 nitrogen and oxygen atoms in total. The highest BCUT2D eigenvalue weighted by Gasteiger charge is 2.19. The molecule has 0 radical (unpaired) electrons. The summed E-state index contributed by atoms with van der Waals surface area (Å²) in [6.45, 7) is 0. The summed E-state index contributed by atoms with van der Waals surface area (Å²) in [6.07, 6.45) is 3.55. The first-order valence-corrected chi connectivity index (χ1v) is 7.86. The first kappa shape index (κ1) is 14.8. The number of pyridine rings is 1. The van der Waals surface area contributed by atoms with Gasteiger partial charge < -0.3 is 15.0 Å². The number of hydrogen-bond acceptors (Lipinski definition) is 4. The minimum absolute atomic E-state index is 0.626. The van der Waals surface area contributed by atoms with Gasteiger partial charge in [0.05, 0.1) is 28.7 Å². The number of aromatic nitrogens is 4. The number of hydrogen-bond donors (Lipinski definition) is 2. The zero-order valence-corrected chi connectivity index (χ0v) is 14.3. The van der Waals surface area contributed by atoms with Crippen LogP contribution in [0.25, 0.3) is 33.2 Å². The summed E-state index contributed by atoms with van der Waals surface area (Å²) in [5.41, 5.74) is 4.39. The monoisotopic (exact) mass is 341 g/mol. The summed E-state index contributed by atoms with van der Waals surface area (Å²) in [7, 11) is 5.45. The Labute approximate surface area is 143 Å². The molecule has 0 saturated carbocycles. The van der Waals surface area contributed by atoms with Gasteiger partial charge in [-0.2, -0.15) is 5.10 Å². The van der Waals surface area contributed by atoms with Crippen molar-refractivity contribution in [3.05, 3.63) is 35.6 Å². The number of aromatic amines is 1. The molecule has 0 spiro atoms. The lowest BCUT2D eigenvalue weighted by atomic mass is 10.1. The lowest BCUT2D eigenvalue weighted by molar-refractivity contribution is 0.415. The number of benzene rings is 1. The molecule has 3 aromatic heterocycles. The van der Waals surface area contributed by atoms with Crippen LogP contribution in [0.2, 0.25) is 5.02 Å². The summed E-state index contributed by atoms with van der Waals surface area (Å²) < 4.78 is 7.22. The van der Waals surface area contributed by atoms with Crippen LogP contribution in [-0.4, -0.2) is 33.9 Å². The summed E-state index contributed by atoms with van der Waals surface area (Å²) >= 11 is 6.33. The summed E-state index contributed by atoms with van der Waals surface area (Å²) in [5, 5.41) is 10.4. The lowest BCUT2D eigenvalue weighted by Crippen LogP contribution is -1.96. The smallest absolute Gasteiger partial charge is 0.140 e. The van der Waals surface area contributed by atoms with Crippen molar-refractivity contribution in [2.24, 2.45) is 7.05 Å². The van der Waals surface area contributed by atoms with Crippen LogP contribution in [0.1, 0.15) is 0 Å². The SMILES string of the molecule is CNc1c(-c2nn(C)c3ccc(OC)cc23)cnc2[nH]cc(Cl)c12. The highest BCUT2D eigenvalue weighted by molar-refractivity contribution is 6.36. The van der Waals surface area contributed by atoms with Gasteiger partial charge in [-0.25, -0.2) is 4.98 Å². The van der Waals surface area contributed by atoms with E-state index >= 15 is 0 Å². The zero-order valence-electron chi connectivity index (χ0n) is 13.5. The molecular weight excluding hydrogens is 326 g/mol. The fourth-order valence-electron chi connectivity index (χ4n) is 3.07. The van der Waals surface area contributed by atoms with Crippen molar-refractivity contribution in [2.45, 2.75) is 0 Å². The van der Waals surface area contributed by atoms with Crippen molar-refractivity contribution in [1.82, 2.24) is 19.7 Å². The van der Waals surface area contributed by atoms with E-state index in [1.165, 1.54) is 0 Å². The van der Waals surface area contributed by atoms with Crippen LogP contribution in [0.4, 0.5) is 5.69 Å².